The van der Waals surface area contributed by atoms with Gasteiger partial charge in [0.2, 0.25) is 5.91 Å². The van der Waals surface area contributed by atoms with Crippen LogP contribution in [-0.2, 0) is 11.3 Å². The maximum absolute atomic E-state index is 13.5. The normalized spacial score (nSPS) is 19.9. The van der Waals surface area contributed by atoms with Crippen molar-refractivity contribution in [1.29, 1.82) is 0 Å². The minimum atomic E-state index is 0.0596. The van der Waals surface area contributed by atoms with Gasteiger partial charge in [0.25, 0.3) is 0 Å². The summed E-state index contributed by atoms with van der Waals surface area (Å²) >= 11 is 0. The Morgan fingerprint density at radius 1 is 0.926 bits per heavy atom. The summed E-state index contributed by atoms with van der Waals surface area (Å²) in [5.74, 6) is 0.950. The zero-order valence-electron chi connectivity index (χ0n) is 16.1. The fourth-order valence-electron chi connectivity index (χ4n) is 4.87. The third kappa shape index (κ3) is 4.41. The first-order valence-electron chi connectivity index (χ1n) is 10.5. The minimum absolute atomic E-state index is 0.0596. The van der Waals surface area contributed by atoms with Crippen LogP contribution in [0.4, 0.5) is 0 Å². The Balaban J connectivity index is 1.40. The lowest BCUT2D eigenvalue weighted by Crippen LogP contribution is -3.13. The number of hydrogen-bond donors (Lipinski definition) is 1. The standard InChI is InChI=1S/C24H30N2O/c27-24(23(22-13-7-8-14-22)21-11-5-2-6-12-21)26-17-15-25(16-18-26)19-20-9-3-1-4-10-20/h1-6,9-12,22-23H,7-8,13-19H2/p+1. The Hall–Kier alpha value is -2.13. The SMILES string of the molecule is O=C(C(c1ccccc1)C1CCCC1)N1CC[NH+](Cc2ccccc2)CC1. The number of piperazine rings is 1. The third-order valence-electron chi connectivity index (χ3n) is 6.38. The molecule has 1 saturated heterocycles. The lowest BCUT2D eigenvalue weighted by molar-refractivity contribution is -0.917. The number of amides is 1. The molecule has 1 unspecified atom stereocenters. The summed E-state index contributed by atoms with van der Waals surface area (Å²) in [5, 5.41) is 0. The molecule has 1 aliphatic carbocycles. The highest BCUT2D eigenvalue weighted by molar-refractivity contribution is 5.84. The van der Waals surface area contributed by atoms with Crippen molar-refractivity contribution in [2.45, 2.75) is 38.1 Å². The van der Waals surface area contributed by atoms with Crippen LogP contribution in [0.1, 0.15) is 42.7 Å². The van der Waals surface area contributed by atoms with Crippen LogP contribution in [-0.4, -0.2) is 37.0 Å². The maximum atomic E-state index is 13.5. The molecule has 1 heterocycles. The molecule has 4 rings (SSSR count). The van der Waals surface area contributed by atoms with E-state index in [1.165, 1.54) is 36.8 Å². The molecule has 1 amide bonds. The second-order valence-electron chi connectivity index (χ2n) is 8.17. The Kier molecular flexibility index (Phi) is 5.88. The van der Waals surface area contributed by atoms with E-state index in [0.29, 0.717) is 11.8 Å². The van der Waals surface area contributed by atoms with E-state index in [4.69, 9.17) is 0 Å². The number of carbonyl (C=O) groups excluding carboxylic acids is 1. The molecule has 1 aliphatic heterocycles. The van der Waals surface area contributed by atoms with Crippen molar-refractivity contribution in [1.82, 2.24) is 4.90 Å². The van der Waals surface area contributed by atoms with Crippen LogP contribution in [0.5, 0.6) is 0 Å². The van der Waals surface area contributed by atoms with Gasteiger partial charge in [0, 0.05) is 5.56 Å². The molecular weight excluding hydrogens is 332 g/mol. The van der Waals surface area contributed by atoms with Gasteiger partial charge in [-0.1, -0.05) is 73.5 Å². The first kappa shape index (κ1) is 18.2. The topological polar surface area (TPSA) is 24.8 Å². The van der Waals surface area contributed by atoms with E-state index in [-0.39, 0.29) is 5.92 Å². The summed E-state index contributed by atoms with van der Waals surface area (Å²) < 4.78 is 0. The molecule has 3 heteroatoms. The Morgan fingerprint density at radius 3 is 2.15 bits per heavy atom. The van der Waals surface area contributed by atoms with Gasteiger partial charge in [-0.2, -0.15) is 0 Å². The number of carbonyl (C=O) groups is 1. The van der Waals surface area contributed by atoms with E-state index in [0.717, 1.165) is 32.7 Å². The van der Waals surface area contributed by atoms with Crippen LogP contribution in [0, 0.1) is 5.92 Å². The van der Waals surface area contributed by atoms with Crippen LogP contribution in [0.15, 0.2) is 60.7 Å². The van der Waals surface area contributed by atoms with E-state index in [1.54, 1.807) is 4.90 Å². The fourth-order valence-corrected chi connectivity index (χ4v) is 4.87. The van der Waals surface area contributed by atoms with Gasteiger partial charge in [-0.15, -0.1) is 0 Å². The van der Waals surface area contributed by atoms with E-state index in [9.17, 15) is 4.79 Å². The quantitative estimate of drug-likeness (QED) is 0.868. The van der Waals surface area contributed by atoms with Crippen molar-refractivity contribution in [3.63, 3.8) is 0 Å². The number of nitrogens with one attached hydrogen (secondary N) is 1. The predicted octanol–water partition coefficient (Wildman–Crippen LogP) is 2.89. The summed E-state index contributed by atoms with van der Waals surface area (Å²) in [6.07, 6.45) is 4.95. The molecule has 2 fully saturated rings. The highest BCUT2D eigenvalue weighted by Gasteiger charge is 2.36. The van der Waals surface area contributed by atoms with Crippen LogP contribution < -0.4 is 4.90 Å². The van der Waals surface area contributed by atoms with Crippen molar-refractivity contribution in [3.8, 4) is 0 Å². The first-order valence-corrected chi connectivity index (χ1v) is 10.5. The van der Waals surface area contributed by atoms with Crippen LogP contribution >= 0.6 is 0 Å². The molecule has 0 aromatic heterocycles. The second kappa shape index (κ2) is 8.71. The van der Waals surface area contributed by atoms with E-state index in [2.05, 4.69) is 59.5 Å². The molecule has 2 aromatic rings. The molecule has 0 bridgehead atoms. The smallest absolute Gasteiger partial charge is 0.230 e. The maximum Gasteiger partial charge on any atom is 0.230 e. The fraction of sp³-hybridized carbons (Fsp3) is 0.458. The van der Waals surface area contributed by atoms with Gasteiger partial charge < -0.3 is 9.80 Å². The lowest BCUT2D eigenvalue weighted by atomic mass is 9.83. The summed E-state index contributed by atoms with van der Waals surface area (Å²) in [6.45, 7) is 4.93. The molecule has 2 aliphatic rings. The Labute approximate surface area is 163 Å². The molecule has 3 nitrogen and oxygen atoms in total. The van der Waals surface area contributed by atoms with Crippen molar-refractivity contribution in [3.05, 3.63) is 71.8 Å². The van der Waals surface area contributed by atoms with Crippen molar-refractivity contribution >= 4 is 5.91 Å². The predicted molar refractivity (Wildman–Crippen MR) is 109 cm³/mol. The van der Waals surface area contributed by atoms with Gasteiger partial charge in [0.1, 0.15) is 6.54 Å². The summed E-state index contributed by atoms with van der Waals surface area (Å²) in [4.78, 5) is 17.2. The number of benzene rings is 2. The van der Waals surface area contributed by atoms with Gasteiger partial charge >= 0.3 is 0 Å². The molecule has 27 heavy (non-hydrogen) atoms. The molecule has 2 aromatic carbocycles. The minimum Gasteiger partial charge on any atom is -0.331 e. The lowest BCUT2D eigenvalue weighted by Gasteiger charge is -2.36. The molecular formula is C24H31N2O+. The zero-order valence-corrected chi connectivity index (χ0v) is 16.1. The molecule has 1 N–H and O–H groups in total. The largest absolute Gasteiger partial charge is 0.331 e. The Bertz CT molecular complexity index is 717. The molecule has 0 radical (unpaired) electrons. The molecule has 1 atom stereocenters. The third-order valence-corrected chi connectivity index (χ3v) is 6.38. The summed E-state index contributed by atoms with van der Waals surface area (Å²) in [5.41, 5.74) is 2.61. The van der Waals surface area contributed by atoms with Crippen LogP contribution in [0.25, 0.3) is 0 Å². The highest BCUT2D eigenvalue weighted by Crippen LogP contribution is 2.38. The van der Waals surface area contributed by atoms with Gasteiger partial charge in [0.05, 0.1) is 32.1 Å². The second-order valence-corrected chi connectivity index (χ2v) is 8.17. The first-order chi connectivity index (χ1) is 13.3. The average Bonchev–Trinajstić information content (AvgIpc) is 3.24. The summed E-state index contributed by atoms with van der Waals surface area (Å²) in [7, 11) is 0. The number of rotatable bonds is 5. The zero-order chi connectivity index (χ0) is 18.5. The molecule has 142 valence electrons. The number of nitrogens with zero attached hydrogens (tertiary/aromatic N) is 1. The van der Waals surface area contributed by atoms with Crippen molar-refractivity contribution in [2.24, 2.45) is 5.92 Å². The van der Waals surface area contributed by atoms with E-state index < -0.39 is 0 Å². The summed E-state index contributed by atoms with van der Waals surface area (Å²) in [6, 6.07) is 21.2. The van der Waals surface area contributed by atoms with E-state index >= 15 is 0 Å². The average molecular weight is 364 g/mol. The number of hydrogen-bond acceptors (Lipinski definition) is 1. The van der Waals surface area contributed by atoms with Gasteiger partial charge in [-0.05, 0) is 24.3 Å². The van der Waals surface area contributed by atoms with Gasteiger partial charge in [-0.3, -0.25) is 4.79 Å². The molecule has 0 spiro atoms. The van der Waals surface area contributed by atoms with Gasteiger partial charge in [0.15, 0.2) is 0 Å². The highest BCUT2D eigenvalue weighted by atomic mass is 16.2. The van der Waals surface area contributed by atoms with Crippen molar-refractivity contribution < 1.29 is 9.69 Å². The van der Waals surface area contributed by atoms with Crippen LogP contribution in [0.3, 0.4) is 0 Å². The van der Waals surface area contributed by atoms with Gasteiger partial charge in [-0.25, -0.2) is 0 Å². The van der Waals surface area contributed by atoms with Crippen molar-refractivity contribution in [2.75, 3.05) is 26.2 Å². The Morgan fingerprint density at radius 2 is 1.52 bits per heavy atom. The van der Waals surface area contributed by atoms with Crippen LogP contribution in [0.2, 0.25) is 0 Å². The monoisotopic (exact) mass is 363 g/mol. The molecule has 1 saturated carbocycles. The number of quaternary nitrogens is 1. The van der Waals surface area contributed by atoms with E-state index in [1.807, 2.05) is 6.07 Å².